The Morgan fingerprint density at radius 1 is 0.444 bits per heavy atom. The van der Waals surface area contributed by atoms with Crippen molar-refractivity contribution in [3.8, 4) is 11.5 Å². The van der Waals surface area contributed by atoms with Crippen LogP contribution >= 0.6 is 0 Å². The monoisotopic (exact) mass is 730 g/mol. The molecule has 1 aliphatic rings. The zero-order valence-corrected chi connectivity index (χ0v) is 33.1. The van der Waals surface area contributed by atoms with Gasteiger partial charge in [0.25, 0.3) is 11.8 Å². The predicted molar refractivity (Wildman–Crippen MR) is 220 cm³/mol. The van der Waals surface area contributed by atoms with Crippen LogP contribution in [0.3, 0.4) is 0 Å². The lowest BCUT2D eigenvalue weighted by molar-refractivity contribution is -0.123. The van der Waals surface area contributed by atoms with Crippen molar-refractivity contribution in [3.63, 3.8) is 0 Å². The number of unbranched alkanes of at least 4 members (excludes halogenated alkanes) is 18. The molecule has 0 spiro atoms. The highest BCUT2D eigenvalue weighted by Crippen LogP contribution is 2.11. The minimum absolute atomic E-state index is 0.0663. The van der Waals surface area contributed by atoms with Crippen LogP contribution < -0.4 is 41.0 Å². The molecule has 2 amide bonds. The molecule has 2 N–H and O–H groups in total. The molecule has 2 aromatic rings. The van der Waals surface area contributed by atoms with Crippen LogP contribution in [0, 0.1) is 0 Å². The zero-order valence-electron chi connectivity index (χ0n) is 33.1. The number of carbonyl (C=O) groups excluding carboxylic acids is 2. The zero-order chi connectivity index (χ0) is 38.3. The van der Waals surface area contributed by atoms with Crippen molar-refractivity contribution in [3.05, 3.63) is 80.2 Å². The van der Waals surface area contributed by atoms with Crippen LogP contribution in [0.4, 0.5) is 0 Å². The Morgan fingerprint density at radius 2 is 0.759 bits per heavy atom. The molecule has 6 nitrogen and oxygen atoms in total. The summed E-state index contributed by atoms with van der Waals surface area (Å²) in [5, 5.41) is 8.60. The molecule has 0 aliphatic heterocycles. The normalized spacial score (nSPS) is 10.9. The third-order valence-electron chi connectivity index (χ3n) is 9.34. The second kappa shape index (κ2) is 28.7. The molecule has 0 heterocycles. The first-order valence-corrected chi connectivity index (χ1v) is 20.7. The summed E-state index contributed by atoms with van der Waals surface area (Å²) in [6.45, 7) is 5.69. The maximum Gasteiger partial charge on any atom is 0.257 e. The number of carbonyl (C=O) groups is 2. The number of hydrogen-bond acceptors (Lipinski definition) is 4. The fraction of sp³-hybridized carbons (Fsp3) is 0.542. The van der Waals surface area contributed by atoms with Crippen LogP contribution in [0.5, 0.6) is 11.5 Å². The molecule has 0 unspecified atom stereocenters. The van der Waals surface area contributed by atoms with E-state index in [1.165, 1.54) is 103 Å². The third-order valence-corrected chi connectivity index (χ3v) is 9.34. The topological polar surface area (TPSA) is 76.7 Å². The largest absolute Gasteiger partial charge is 0.484 e. The van der Waals surface area contributed by atoms with Gasteiger partial charge < -0.3 is 20.1 Å². The number of nitrogens with one attached hydrogen (secondary N) is 2. The van der Waals surface area contributed by atoms with Gasteiger partial charge in [0, 0.05) is 34.0 Å². The van der Waals surface area contributed by atoms with Crippen LogP contribution in [0.25, 0.3) is 22.9 Å². The molecule has 0 bridgehead atoms. The highest BCUT2D eigenvalue weighted by Gasteiger charge is 2.04. The molecular weight excluding hydrogens is 669 g/mol. The van der Waals surface area contributed by atoms with E-state index in [4.69, 9.17) is 9.47 Å². The SMILES string of the molecule is CCCCCCCCCCCCNC(=O)COc1ccc2c(c1)=C=C=C=C=c1cc(OCC(=O)NCCCCCCCCCCCC)ccc1=C=C=C=C=2. The molecule has 1 aliphatic carbocycles. The van der Waals surface area contributed by atoms with Crippen LogP contribution in [-0.4, -0.2) is 38.1 Å². The Hall–Kier alpha value is -4.78. The van der Waals surface area contributed by atoms with E-state index in [0.29, 0.717) is 45.5 Å². The van der Waals surface area contributed by atoms with E-state index in [1.54, 1.807) is 24.3 Å². The molecule has 2 aromatic carbocycles. The van der Waals surface area contributed by atoms with Crippen molar-refractivity contribution < 1.29 is 19.1 Å². The lowest BCUT2D eigenvalue weighted by Crippen LogP contribution is -2.30. The van der Waals surface area contributed by atoms with Crippen LogP contribution in [-0.2, 0) is 9.59 Å². The second-order valence-electron chi connectivity index (χ2n) is 14.1. The van der Waals surface area contributed by atoms with Crippen LogP contribution in [0.15, 0.2) is 59.3 Å². The number of benzene rings is 2. The summed E-state index contributed by atoms with van der Waals surface area (Å²) in [5.41, 5.74) is 24.0. The predicted octanol–water partition coefficient (Wildman–Crippen LogP) is 7.48. The molecule has 288 valence electrons. The van der Waals surface area contributed by atoms with Crippen molar-refractivity contribution in [2.45, 2.75) is 142 Å². The Bertz CT molecular complexity index is 1810. The van der Waals surface area contributed by atoms with Gasteiger partial charge in [0.15, 0.2) is 13.2 Å². The summed E-state index contributed by atoms with van der Waals surface area (Å²) in [7, 11) is 0. The van der Waals surface area contributed by atoms with Crippen molar-refractivity contribution in [2.24, 2.45) is 0 Å². The fourth-order valence-electron chi connectivity index (χ4n) is 6.13. The Kier molecular flexibility index (Phi) is 23.2. The highest BCUT2D eigenvalue weighted by atomic mass is 16.5. The van der Waals surface area contributed by atoms with E-state index < -0.39 is 0 Å². The maximum atomic E-state index is 12.4. The lowest BCUT2D eigenvalue weighted by atomic mass is 10.1. The van der Waals surface area contributed by atoms with Gasteiger partial charge in [-0.2, -0.15) is 0 Å². The molecule has 0 fully saturated rings. The van der Waals surface area contributed by atoms with Crippen LogP contribution in [0.1, 0.15) is 142 Å². The maximum absolute atomic E-state index is 12.4. The van der Waals surface area contributed by atoms with E-state index in [0.717, 1.165) is 25.7 Å². The standard InChI is InChI=1S/C48H62N2O4/c1-3-5-7-9-11-13-15-17-19-25-35-49-47(51)39-53-45-33-31-41-27-21-22-28-42-32-34-46(38-44(42)30-24-23-29-43(41)37-45)54-40-48(52)50-36-26-20-18-16-14-12-10-8-6-4-2/h31-34,37-38H,3-20,25-26,35-36,39-40H2,1-2H3,(H,49,51)(H,50,52). The Balaban J connectivity index is 1.49. The minimum atomic E-state index is -0.141. The van der Waals surface area contributed by atoms with Gasteiger partial charge in [-0.1, -0.05) is 152 Å². The first kappa shape index (κ1) is 43.6. The van der Waals surface area contributed by atoms with Gasteiger partial charge in [-0.25, -0.2) is 0 Å². The van der Waals surface area contributed by atoms with Crippen molar-refractivity contribution >= 4 is 34.7 Å². The average Bonchev–Trinajstić information content (AvgIpc) is 3.18. The molecule has 3 rings (SSSR count). The number of fused-ring (bicyclic) bond motifs is 2. The third kappa shape index (κ3) is 19.9. The number of hydrogen-bond donors (Lipinski definition) is 2. The molecule has 0 saturated heterocycles. The molecule has 0 atom stereocenters. The van der Waals surface area contributed by atoms with Crippen molar-refractivity contribution in [1.29, 1.82) is 0 Å². The summed E-state index contributed by atoms with van der Waals surface area (Å²) in [6, 6.07) is 10.7. The second-order valence-corrected chi connectivity index (χ2v) is 14.1. The fourth-order valence-corrected chi connectivity index (χ4v) is 6.13. The summed E-state index contributed by atoms with van der Waals surface area (Å²) in [4.78, 5) is 24.8. The quantitative estimate of drug-likeness (QED) is 0.0601. The highest BCUT2D eigenvalue weighted by molar-refractivity contribution is 5.77. The molecule has 54 heavy (non-hydrogen) atoms. The van der Waals surface area contributed by atoms with Gasteiger partial charge in [-0.05, 0) is 72.2 Å². The van der Waals surface area contributed by atoms with E-state index in [-0.39, 0.29) is 25.0 Å². The molecule has 6 heteroatoms. The number of amides is 2. The van der Waals surface area contributed by atoms with Gasteiger partial charge in [0.05, 0.1) is 0 Å². The molecule has 0 saturated carbocycles. The molecule has 0 aromatic heterocycles. The van der Waals surface area contributed by atoms with E-state index in [9.17, 15) is 9.59 Å². The summed E-state index contributed by atoms with van der Waals surface area (Å²) in [5.74, 6) is 0.782. The average molecular weight is 731 g/mol. The summed E-state index contributed by atoms with van der Waals surface area (Å²) in [6.07, 6.45) is 25.2. The van der Waals surface area contributed by atoms with Gasteiger partial charge in [-0.3, -0.25) is 9.59 Å². The van der Waals surface area contributed by atoms with Crippen molar-refractivity contribution in [1.82, 2.24) is 10.6 Å². The minimum Gasteiger partial charge on any atom is -0.484 e. The summed E-state index contributed by atoms with van der Waals surface area (Å²) >= 11 is 0. The van der Waals surface area contributed by atoms with Crippen LogP contribution in [0.2, 0.25) is 0 Å². The first-order chi connectivity index (χ1) is 26.6. The van der Waals surface area contributed by atoms with E-state index in [1.807, 2.05) is 12.1 Å². The van der Waals surface area contributed by atoms with E-state index >= 15 is 0 Å². The van der Waals surface area contributed by atoms with Crippen molar-refractivity contribution in [2.75, 3.05) is 26.3 Å². The smallest absolute Gasteiger partial charge is 0.257 e. The Morgan fingerprint density at radius 3 is 1.11 bits per heavy atom. The Labute approximate surface area is 323 Å². The van der Waals surface area contributed by atoms with E-state index in [2.05, 4.69) is 70.3 Å². The van der Waals surface area contributed by atoms with Gasteiger partial charge >= 0.3 is 0 Å². The van der Waals surface area contributed by atoms with Gasteiger partial charge in [0.1, 0.15) is 11.5 Å². The lowest BCUT2D eigenvalue weighted by Gasteiger charge is -2.07. The number of rotatable bonds is 28. The molecular formula is C48H62N2O4. The van der Waals surface area contributed by atoms with Gasteiger partial charge in [0.2, 0.25) is 0 Å². The molecule has 0 radical (unpaired) electrons. The van der Waals surface area contributed by atoms with Gasteiger partial charge in [-0.15, -0.1) is 0 Å². The first-order valence-electron chi connectivity index (χ1n) is 20.7. The number of ether oxygens (including phenoxy) is 2. The summed E-state index contributed by atoms with van der Waals surface area (Å²) < 4.78 is 11.6.